The number of primary amides is 1. The molecular weight excluding hydrogens is 955 g/mol. The summed E-state index contributed by atoms with van der Waals surface area (Å²) in [5.41, 5.74) is 45.2. The van der Waals surface area contributed by atoms with Crippen LogP contribution in [0.2, 0.25) is 0 Å². The molecular formula is C34H43N23O14. The lowest BCUT2D eigenvalue weighted by Crippen LogP contribution is -2.58. The molecule has 0 saturated heterocycles. The Labute approximate surface area is 395 Å². The summed E-state index contributed by atoms with van der Waals surface area (Å²) in [7, 11) is 0. The van der Waals surface area contributed by atoms with Crippen molar-refractivity contribution in [3.63, 3.8) is 0 Å². The van der Waals surface area contributed by atoms with Gasteiger partial charge in [0, 0.05) is 12.6 Å². The normalized spacial score (nSPS) is 13.0. The monoisotopic (exact) mass is 997 g/mol. The van der Waals surface area contributed by atoms with Crippen LogP contribution in [0.25, 0.3) is 0 Å². The van der Waals surface area contributed by atoms with E-state index in [0.29, 0.717) is 17.2 Å². The second-order valence-corrected chi connectivity index (χ2v) is 13.7. The number of hydrogen-bond acceptors (Lipinski definition) is 20. The first-order valence-corrected chi connectivity index (χ1v) is 19.1. The first-order valence-electron chi connectivity index (χ1n) is 19.1. The van der Waals surface area contributed by atoms with Gasteiger partial charge in [0.2, 0.25) is 42.6 Å². The van der Waals surface area contributed by atoms with E-state index in [2.05, 4.69) is 35.6 Å². The van der Waals surface area contributed by atoms with Gasteiger partial charge in [-0.25, -0.2) is 25.0 Å². The van der Waals surface area contributed by atoms with Crippen LogP contribution in [-0.2, 0) is 35.3 Å². The average molecular weight is 998 g/mol. The number of rotatable bonds is 23. The lowest BCUT2D eigenvalue weighted by Gasteiger charge is -2.29. The van der Waals surface area contributed by atoms with Gasteiger partial charge in [-0.15, -0.1) is 0 Å². The third-order valence-corrected chi connectivity index (χ3v) is 8.56. The maximum Gasteiger partial charge on any atom is 0.318 e. The van der Waals surface area contributed by atoms with Crippen molar-refractivity contribution in [2.24, 2.45) is 71.6 Å². The van der Waals surface area contributed by atoms with Gasteiger partial charge in [-0.05, 0) is 17.2 Å². The fourth-order valence-electron chi connectivity index (χ4n) is 5.57. The Balaban J connectivity index is 2.05. The molecule has 0 aliphatic heterocycles. The van der Waals surface area contributed by atoms with E-state index in [9.17, 15) is 69.3 Å². The van der Waals surface area contributed by atoms with Crippen molar-refractivity contribution in [1.82, 2.24) is 31.6 Å². The molecule has 71 heavy (non-hydrogen) atoms. The predicted octanol–water partition coefficient (Wildman–Crippen LogP) is -7.96. The first-order chi connectivity index (χ1) is 33.2. The molecule has 0 saturated carbocycles. The van der Waals surface area contributed by atoms with E-state index in [1.807, 2.05) is 16.0 Å². The number of phenolic OH excluding ortho intramolecular Hbond substituents is 1. The minimum atomic E-state index is -2.66. The largest absolute Gasteiger partial charge is 0.502 e. The zero-order valence-electron chi connectivity index (χ0n) is 36.0. The van der Waals surface area contributed by atoms with Crippen LogP contribution in [0.3, 0.4) is 0 Å². The molecule has 1 aromatic heterocycles. The summed E-state index contributed by atoms with van der Waals surface area (Å²) in [6.45, 7) is -0.871. The number of guanidine groups is 4. The van der Waals surface area contributed by atoms with Crippen LogP contribution in [0.5, 0.6) is 5.75 Å². The van der Waals surface area contributed by atoms with Gasteiger partial charge < -0.3 is 93.3 Å². The number of aliphatic imine (C=N–C) groups is 4. The summed E-state index contributed by atoms with van der Waals surface area (Å²) in [6.07, 6.45) is -10.8. The molecule has 0 fully saturated rings. The molecule has 25 N–H and O–H groups in total. The fourth-order valence-corrected chi connectivity index (χ4v) is 5.57. The lowest BCUT2D eigenvalue weighted by molar-refractivity contribution is -0.394. The molecule has 6 amide bonds. The third kappa shape index (κ3) is 15.7. The molecule has 0 aliphatic carbocycles. The Morgan fingerprint density at radius 2 is 1.04 bits per heavy atom. The second kappa shape index (κ2) is 24.1. The van der Waals surface area contributed by atoms with Gasteiger partial charge in [0.1, 0.15) is 12.2 Å². The van der Waals surface area contributed by atoms with Crippen molar-refractivity contribution >= 4 is 82.2 Å². The topological polar surface area (TPSA) is 632 Å². The number of benzene rings is 2. The minimum Gasteiger partial charge on any atom is -0.502 e. The number of nitrogens with one attached hydrogen (secondary N) is 5. The number of anilines is 1. The molecule has 6 unspecified atom stereocenters. The number of carbonyl (C=O) groups is 6. The van der Waals surface area contributed by atoms with Crippen LogP contribution >= 0.6 is 0 Å². The van der Waals surface area contributed by atoms with E-state index in [0.717, 1.165) is 18.2 Å². The number of nitrogens with two attached hydrogens (primary N) is 9. The fraction of sp³-hybridized carbons (Fsp3) is 0.206. The molecule has 378 valence electrons. The molecule has 37 nitrogen and oxygen atoms in total. The van der Waals surface area contributed by atoms with Crippen LogP contribution < -0.4 is 83.1 Å². The Hall–Kier alpha value is -10.8. The molecule has 0 radical (unpaired) electrons. The van der Waals surface area contributed by atoms with Crippen LogP contribution in [0.4, 0.5) is 22.9 Å². The number of amides is 6. The van der Waals surface area contributed by atoms with Gasteiger partial charge in [0.05, 0.1) is 20.8 Å². The van der Waals surface area contributed by atoms with Crippen LogP contribution in [0.15, 0.2) is 80.8 Å². The summed E-state index contributed by atoms with van der Waals surface area (Å²) >= 11 is 0. The van der Waals surface area contributed by atoms with Gasteiger partial charge in [0.15, 0.2) is 29.6 Å². The summed E-state index contributed by atoms with van der Waals surface area (Å²) in [5, 5.41) is 66.9. The SMILES string of the molecule is NC(=O)C(N=C(N)N)NC(=O)C(N=C(N)N)NC(=O)C(N=C(N)N)NC(=O)C(N=C(N)N)NC(=O)C(NC(=O)C(O)N(Cc1ccc(O)c([N+](=O)[O-])c1)c1ncc([N+](=O)[O-])cc1[N+](=O)[O-])c1ccccc1. The average Bonchev–Trinajstić information content (AvgIpc) is 3.28. The van der Waals surface area contributed by atoms with Crippen molar-refractivity contribution < 1.29 is 53.8 Å². The number of phenols is 1. The Morgan fingerprint density at radius 3 is 1.48 bits per heavy atom. The number of pyridine rings is 1. The predicted molar refractivity (Wildman–Crippen MR) is 242 cm³/mol. The number of nitro groups is 3. The highest BCUT2D eigenvalue weighted by Crippen LogP contribution is 2.33. The highest BCUT2D eigenvalue weighted by molar-refractivity contribution is 5.99. The summed E-state index contributed by atoms with van der Waals surface area (Å²) < 4.78 is 0. The number of nitro benzene ring substituents is 1. The number of aromatic hydroxyl groups is 1. The van der Waals surface area contributed by atoms with Gasteiger partial charge >= 0.3 is 11.4 Å². The molecule has 6 atom stereocenters. The van der Waals surface area contributed by atoms with Crippen LogP contribution in [0, 0.1) is 30.3 Å². The van der Waals surface area contributed by atoms with E-state index >= 15 is 0 Å². The smallest absolute Gasteiger partial charge is 0.318 e. The summed E-state index contributed by atoms with van der Waals surface area (Å²) in [4.78, 5) is 131. The van der Waals surface area contributed by atoms with Gasteiger partial charge in [0.25, 0.3) is 35.2 Å². The van der Waals surface area contributed by atoms with Crippen molar-refractivity contribution in [1.29, 1.82) is 0 Å². The molecule has 3 aromatic rings. The second-order valence-electron chi connectivity index (χ2n) is 13.7. The maximum absolute atomic E-state index is 14.1. The highest BCUT2D eigenvalue weighted by atomic mass is 16.6. The molecule has 0 aliphatic rings. The van der Waals surface area contributed by atoms with Gasteiger partial charge in [-0.1, -0.05) is 36.4 Å². The first kappa shape index (κ1) is 54.6. The Kier molecular flexibility index (Phi) is 18.6. The van der Waals surface area contributed by atoms with Crippen molar-refractivity contribution in [3.8, 4) is 5.75 Å². The van der Waals surface area contributed by atoms with Crippen LogP contribution in [-0.4, -0.2) is 120 Å². The number of aliphatic hydroxyl groups excluding tert-OH is 1. The van der Waals surface area contributed by atoms with Gasteiger partial charge in [-0.3, -0.25) is 59.1 Å². The Bertz CT molecular complexity index is 2690. The van der Waals surface area contributed by atoms with E-state index in [1.165, 1.54) is 30.3 Å². The molecule has 0 bridgehead atoms. The van der Waals surface area contributed by atoms with E-state index in [1.54, 1.807) is 0 Å². The highest BCUT2D eigenvalue weighted by Gasteiger charge is 2.37. The maximum atomic E-state index is 14.1. The summed E-state index contributed by atoms with van der Waals surface area (Å²) in [5.74, 6) is -13.6. The molecule has 1 heterocycles. The van der Waals surface area contributed by atoms with E-state index < -0.39 is 146 Å². The standard InChI is InChI=1S/C34H43N23O14/c35-19(59)20(50-31(36)37)46-26(61)22(52-33(40)41)48-28(63)23(53-34(42)43)49-27(62)21(51-32(38)39)47-25(60)18(13-4-2-1-3-5-13)45-29(64)30(65)54(11-12-6-7-17(58)15(8-12)56(68)69)24-16(57(70)71)9-14(10-44-24)55(66)67/h1-10,18,20-23,30,58,65H,11H2,(H2,35,59)(H,45,64)(H,46,61)(H,47,60)(H,48,63)(H,49,62)(H4,36,37,50)(H4,38,39,51)(H4,40,41,52)(H4,42,43,53). The quantitative estimate of drug-likeness (QED) is 0.0138. The number of nitrogens with zero attached hydrogens (tertiary/aromatic N) is 9. The zero-order chi connectivity index (χ0) is 53.4. The molecule has 37 heteroatoms. The number of aliphatic hydroxyl groups is 1. The number of hydrogen-bond donors (Lipinski definition) is 16. The van der Waals surface area contributed by atoms with E-state index in [4.69, 9.17) is 51.6 Å². The molecule has 3 rings (SSSR count). The van der Waals surface area contributed by atoms with E-state index in [-0.39, 0.29) is 11.1 Å². The van der Waals surface area contributed by atoms with Crippen molar-refractivity contribution in [3.05, 3.63) is 102 Å². The third-order valence-electron chi connectivity index (χ3n) is 8.56. The van der Waals surface area contributed by atoms with Crippen molar-refractivity contribution in [2.75, 3.05) is 4.90 Å². The van der Waals surface area contributed by atoms with Gasteiger partial charge in [-0.2, -0.15) is 0 Å². The molecule has 0 spiro atoms. The Morgan fingerprint density at radius 1 is 0.592 bits per heavy atom. The number of carbonyl (C=O) groups excluding carboxylic acids is 6. The molecule has 2 aromatic carbocycles. The summed E-state index contributed by atoms with van der Waals surface area (Å²) in [6, 6.07) is 7.86. The van der Waals surface area contributed by atoms with Crippen molar-refractivity contribution in [2.45, 2.75) is 43.5 Å². The zero-order valence-corrected chi connectivity index (χ0v) is 36.0. The lowest BCUT2D eigenvalue weighted by atomic mass is 10.1. The van der Waals surface area contributed by atoms with Crippen LogP contribution in [0.1, 0.15) is 17.2 Å². The minimum absolute atomic E-state index is 0.102. The number of aromatic nitrogens is 1.